The lowest BCUT2D eigenvalue weighted by atomic mass is 9.95. The van der Waals surface area contributed by atoms with E-state index < -0.39 is 28.7 Å². The number of aryl methyl sites for hydroxylation is 2. The molecule has 0 aliphatic heterocycles. The van der Waals surface area contributed by atoms with Crippen LogP contribution in [0.1, 0.15) is 55.7 Å². The molecule has 3 rings (SSSR count). The first-order valence-corrected chi connectivity index (χ1v) is 14.0. The van der Waals surface area contributed by atoms with E-state index in [-0.39, 0.29) is 23.5 Å². The van der Waals surface area contributed by atoms with E-state index in [0.717, 1.165) is 42.4 Å². The Kier molecular flexibility index (Phi) is 9.81. The molecule has 7 nitrogen and oxygen atoms in total. The Balaban J connectivity index is 1.72. The van der Waals surface area contributed by atoms with Crippen molar-refractivity contribution in [2.75, 3.05) is 21.7 Å². The molecule has 1 aliphatic rings. The van der Waals surface area contributed by atoms with Gasteiger partial charge in [-0.1, -0.05) is 49.1 Å². The van der Waals surface area contributed by atoms with E-state index in [1.165, 1.54) is 11.3 Å². The molecule has 194 valence electrons. The molecule has 2 aromatic rings. The minimum atomic E-state index is -1.74. The van der Waals surface area contributed by atoms with E-state index in [9.17, 15) is 18.6 Å². The Labute approximate surface area is 216 Å². The van der Waals surface area contributed by atoms with Crippen LogP contribution in [0.2, 0.25) is 0 Å². The number of carbonyl (C=O) groups excluding carboxylic acids is 3. The van der Waals surface area contributed by atoms with Crippen LogP contribution in [-0.2, 0) is 25.2 Å². The molecule has 0 heterocycles. The van der Waals surface area contributed by atoms with Gasteiger partial charge in [-0.25, -0.2) is 0 Å². The highest BCUT2D eigenvalue weighted by Gasteiger charge is 2.31. The van der Waals surface area contributed by atoms with Crippen LogP contribution in [0.4, 0.5) is 11.4 Å². The van der Waals surface area contributed by atoms with Gasteiger partial charge in [-0.15, -0.1) is 0 Å². The monoisotopic (exact) mass is 511 g/mol. The fourth-order valence-corrected chi connectivity index (χ4v) is 5.36. The SMILES string of the molecule is Cc1ccc(NC(=O)C[S@](=O)CC(=O)N(c2cccc(C)c2C)[C@H](C)C(=O)NC2CCCCC2)cc1. The normalized spacial score (nSPS) is 15.6. The maximum atomic E-state index is 13.5. The second-order valence-electron chi connectivity index (χ2n) is 9.64. The Bertz CT molecular complexity index is 1110. The first-order valence-electron chi connectivity index (χ1n) is 12.6. The van der Waals surface area contributed by atoms with E-state index in [1.54, 1.807) is 25.1 Å². The molecule has 36 heavy (non-hydrogen) atoms. The third-order valence-corrected chi connectivity index (χ3v) is 7.89. The smallest absolute Gasteiger partial charge is 0.243 e. The van der Waals surface area contributed by atoms with Crippen molar-refractivity contribution in [2.45, 2.75) is 71.9 Å². The molecule has 2 atom stereocenters. The number of carbonyl (C=O) groups is 3. The van der Waals surface area contributed by atoms with Gasteiger partial charge in [-0.3, -0.25) is 23.5 Å². The molecule has 1 fully saturated rings. The fraction of sp³-hybridized carbons (Fsp3) is 0.464. The van der Waals surface area contributed by atoms with Crippen molar-refractivity contribution >= 4 is 39.9 Å². The lowest BCUT2D eigenvalue weighted by molar-refractivity contribution is -0.126. The molecule has 1 aliphatic carbocycles. The molecule has 2 N–H and O–H groups in total. The van der Waals surface area contributed by atoms with Gasteiger partial charge in [0.05, 0.1) is 0 Å². The standard InChI is InChI=1S/C28H37N3O4S/c1-19-13-15-24(16-14-19)29-26(32)17-36(35)18-27(33)31(25-12-8-9-20(2)21(25)3)22(4)28(34)30-23-10-6-5-7-11-23/h8-9,12-16,22-23H,5-7,10-11,17-18H2,1-4H3,(H,29,32)(H,30,34)/t22-,36+/m1/s1. The molecule has 0 spiro atoms. The summed E-state index contributed by atoms with van der Waals surface area (Å²) in [5.41, 5.74) is 4.16. The molecule has 0 unspecified atom stereocenters. The number of amides is 3. The van der Waals surface area contributed by atoms with Gasteiger partial charge in [-0.2, -0.15) is 0 Å². The Hall–Kier alpha value is -3.00. The molecular weight excluding hydrogens is 474 g/mol. The number of nitrogens with zero attached hydrogens (tertiary/aromatic N) is 1. The van der Waals surface area contributed by atoms with Gasteiger partial charge in [0.1, 0.15) is 17.5 Å². The quantitative estimate of drug-likeness (QED) is 0.528. The predicted molar refractivity (Wildman–Crippen MR) is 146 cm³/mol. The van der Waals surface area contributed by atoms with E-state index in [0.29, 0.717) is 11.4 Å². The third kappa shape index (κ3) is 7.50. The van der Waals surface area contributed by atoms with Crippen LogP contribution in [0.25, 0.3) is 0 Å². The zero-order valence-electron chi connectivity index (χ0n) is 21.6. The number of benzene rings is 2. The van der Waals surface area contributed by atoms with Crippen molar-refractivity contribution in [3.8, 4) is 0 Å². The molecule has 1 saturated carbocycles. The van der Waals surface area contributed by atoms with Crippen molar-refractivity contribution < 1.29 is 18.6 Å². The summed E-state index contributed by atoms with van der Waals surface area (Å²) in [4.78, 5) is 40.5. The summed E-state index contributed by atoms with van der Waals surface area (Å²) in [6.07, 6.45) is 5.23. The highest BCUT2D eigenvalue weighted by molar-refractivity contribution is 7.86. The molecule has 2 aromatic carbocycles. The van der Waals surface area contributed by atoms with Gasteiger partial charge in [0.25, 0.3) is 0 Å². The maximum absolute atomic E-state index is 13.5. The molecule has 8 heteroatoms. The van der Waals surface area contributed by atoms with Crippen LogP contribution in [0.5, 0.6) is 0 Å². The largest absolute Gasteiger partial charge is 0.352 e. The zero-order valence-corrected chi connectivity index (χ0v) is 22.5. The first-order chi connectivity index (χ1) is 17.2. The summed E-state index contributed by atoms with van der Waals surface area (Å²) >= 11 is 0. The Morgan fingerprint density at radius 2 is 1.64 bits per heavy atom. The second-order valence-corrected chi connectivity index (χ2v) is 11.1. The minimum absolute atomic E-state index is 0.115. The predicted octanol–water partition coefficient (Wildman–Crippen LogP) is 4.17. The van der Waals surface area contributed by atoms with Crippen molar-refractivity contribution in [2.24, 2.45) is 0 Å². The van der Waals surface area contributed by atoms with E-state index in [2.05, 4.69) is 10.6 Å². The Morgan fingerprint density at radius 1 is 0.972 bits per heavy atom. The number of nitrogens with one attached hydrogen (secondary N) is 2. The fourth-order valence-electron chi connectivity index (χ4n) is 4.48. The van der Waals surface area contributed by atoms with Crippen LogP contribution in [0, 0.1) is 20.8 Å². The molecule has 0 saturated heterocycles. The molecular formula is C28H37N3O4S. The van der Waals surface area contributed by atoms with Gasteiger partial charge in [0.15, 0.2) is 0 Å². The van der Waals surface area contributed by atoms with Crippen LogP contribution in [-0.4, -0.2) is 45.5 Å². The van der Waals surface area contributed by atoms with Crippen LogP contribution >= 0.6 is 0 Å². The number of anilines is 2. The van der Waals surface area contributed by atoms with Gasteiger partial charge in [0, 0.05) is 28.2 Å². The Morgan fingerprint density at radius 3 is 2.31 bits per heavy atom. The second kappa shape index (κ2) is 12.8. The van der Waals surface area contributed by atoms with Gasteiger partial charge >= 0.3 is 0 Å². The van der Waals surface area contributed by atoms with Crippen molar-refractivity contribution in [1.29, 1.82) is 0 Å². The van der Waals surface area contributed by atoms with E-state index in [1.807, 2.05) is 45.0 Å². The zero-order chi connectivity index (χ0) is 26.2. The summed E-state index contributed by atoms with van der Waals surface area (Å²) in [6, 6.07) is 12.2. The molecule has 0 aromatic heterocycles. The van der Waals surface area contributed by atoms with E-state index >= 15 is 0 Å². The van der Waals surface area contributed by atoms with Gasteiger partial charge in [0.2, 0.25) is 17.7 Å². The summed E-state index contributed by atoms with van der Waals surface area (Å²) < 4.78 is 12.8. The molecule has 3 amide bonds. The van der Waals surface area contributed by atoms with Gasteiger partial charge in [-0.05, 0) is 69.9 Å². The molecule has 0 bridgehead atoms. The highest BCUT2D eigenvalue weighted by Crippen LogP contribution is 2.26. The number of rotatable bonds is 9. The van der Waals surface area contributed by atoms with E-state index in [4.69, 9.17) is 0 Å². The van der Waals surface area contributed by atoms with Crippen molar-refractivity contribution in [1.82, 2.24) is 5.32 Å². The third-order valence-electron chi connectivity index (χ3n) is 6.73. The van der Waals surface area contributed by atoms with Crippen LogP contribution < -0.4 is 15.5 Å². The van der Waals surface area contributed by atoms with Crippen LogP contribution in [0.3, 0.4) is 0 Å². The van der Waals surface area contributed by atoms with Crippen LogP contribution in [0.15, 0.2) is 42.5 Å². The number of hydrogen-bond acceptors (Lipinski definition) is 4. The average Bonchev–Trinajstić information content (AvgIpc) is 2.83. The average molecular weight is 512 g/mol. The van der Waals surface area contributed by atoms with Crippen molar-refractivity contribution in [3.63, 3.8) is 0 Å². The summed E-state index contributed by atoms with van der Waals surface area (Å²) in [7, 11) is -1.74. The van der Waals surface area contributed by atoms with Gasteiger partial charge < -0.3 is 10.6 Å². The first kappa shape index (κ1) is 27.6. The molecule has 0 radical (unpaired) electrons. The lowest BCUT2D eigenvalue weighted by Crippen LogP contribution is -2.52. The maximum Gasteiger partial charge on any atom is 0.243 e. The summed E-state index contributed by atoms with van der Waals surface area (Å²) in [6.45, 7) is 7.50. The lowest BCUT2D eigenvalue weighted by Gasteiger charge is -2.32. The van der Waals surface area contributed by atoms with Crippen molar-refractivity contribution in [3.05, 3.63) is 59.2 Å². The highest BCUT2D eigenvalue weighted by atomic mass is 32.2. The summed E-state index contributed by atoms with van der Waals surface area (Å²) in [5.74, 6) is -1.75. The minimum Gasteiger partial charge on any atom is -0.352 e. The number of hydrogen-bond donors (Lipinski definition) is 2. The summed E-state index contributed by atoms with van der Waals surface area (Å²) in [5, 5.41) is 5.82. The topological polar surface area (TPSA) is 95.6 Å².